The van der Waals surface area contributed by atoms with E-state index in [0.29, 0.717) is 12.5 Å². The van der Waals surface area contributed by atoms with E-state index in [1.165, 1.54) is 12.8 Å². The van der Waals surface area contributed by atoms with Crippen LogP contribution in [0.25, 0.3) is 0 Å². The van der Waals surface area contributed by atoms with E-state index in [0.717, 1.165) is 25.8 Å². The van der Waals surface area contributed by atoms with Gasteiger partial charge in [0.15, 0.2) is 0 Å². The molecule has 2 fully saturated rings. The minimum Gasteiger partial charge on any atom is -0.333 e. The summed E-state index contributed by atoms with van der Waals surface area (Å²) in [6.45, 7) is 7.73. The van der Waals surface area contributed by atoms with Gasteiger partial charge in [0.1, 0.15) is 0 Å². The molecule has 2 unspecified atom stereocenters. The fourth-order valence-electron chi connectivity index (χ4n) is 3.35. The molecule has 2 atom stereocenters. The van der Waals surface area contributed by atoms with E-state index in [4.69, 9.17) is 5.73 Å². The molecule has 1 aliphatic carbocycles. The maximum absolute atomic E-state index is 12.5. The number of nitrogens with zero attached hydrogens (tertiary/aromatic N) is 1. The Labute approximate surface area is 110 Å². The molecule has 0 spiro atoms. The lowest BCUT2D eigenvalue weighted by atomic mass is 9.80. The van der Waals surface area contributed by atoms with Crippen LogP contribution in [0.4, 0.5) is 4.79 Å². The highest BCUT2D eigenvalue weighted by Gasteiger charge is 2.49. The Morgan fingerprint density at radius 1 is 1.56 bits per heavy atom. The summed E-state index contributed by atoms with van der Waals surface area (Å²) >= 11 is 0. The summed E-state index contributed by atoms with van der Waals surface area (Å²) in [4.78, 5) is 14.5. The Kier molecular flexibility index (Phi) is 3.58. The van der Waals surface area contributed by atoms with Gasteiger partial charge in [0.25, 0.3) is 0 Å². The van der Waals surface area contributed by atoms with E-state index in [2.05, 4.69) is 26.1 Å². The topological polar surface area (TPSA) is 58.4 Å². The third kappa shape index (κ3) is 2.35. The number of carbonyl (C=O) groups is 1. The van der Waals surface area contributed by atoms with Crippen LogP contribution in [-0.4, -0.2) is 35.1 Å². The Hall–Kier alpha value is -0.770. The minimum absolute atomic E-state index is 0.0587. The van der Waals surface area contributed by atoms with E-state index < -0.39 is 0 Å². The number of nitrogens with one attached hydrogen (secondary N) is 1. The Morgan fingerprint density at radius 3 is 2.89 bits per heavy atom. The molecule has 1 heterocycles. The number of amides is 2. The molecule has 3 N–H and O–H groups in total. The van der Waals surface area contributed by atoms with Crippen LogP contribution in [0, 0.1) is 5.92 Å². The molecule has 0 aromatic carbocycles. The minimum atomic E-state index is -0.135. The van der Waals surface area contributed by atoms with Gasteiger partial charge in [-0.05, 0) is 45.4 Å². The predicted octanol–water partition coefficient (Wildman–Crippen LogP) is 2.09. The van der Waals surface area contributed by atoms with Crippen LogP contribution in [0.3, 0.4) is 0 Å². The maximum atomic E-state index is 12.5. The smallest absolute Gasteiger partial charge is 0.318 e. The lowest BCUT2D eigenvalue weighted by molar-refractivity contribution is 0.132. The van der Waals surface area contributed by atoms with Crippen LogP contribution in [0.15, 0.2) is 0 Å². The highest BCUT2D eigenvalue weighted by Crippen LogP contribution is 2.43. The van der Waals surface area contributed by atoms with Gasteiger partial charge in [0, 0.05) is 18.6 Å². The molecule has 4 heteroatoms. The molecule has 1 saturated carbocycles. The van der Waals surface area contributed by atoms with Gasteiger partial charge in [0.05, 0.1) is 5.54 Å². The molecular formula is C14H27N3O. The molecule has 1 aliphatic heterocycles. The van der Waals surface area contributed by atoms with Crippen LogP contribution in [0.5, 0.6) is 0 Å². The third-order valence-corrected chi connectivity index (χ3v) is 4.89. The SMILES string of the molecule is CCC(C)(C)NC(=O)N1CC2CCCC1(CN)C2. The Morgan fingerprint density at radius 2 is 2.28 bits per heavy atom. The number of hydrogen-bond acceptors (Lipinski definition) is 2. The molecule has 0 aromatic rings. The Balaban J connectivity index is 2.10. The summed E-state index contributed by atoms with van der Waals surface area (Å²) in [5.41, 5.74) is 5.78. The van der Waals surface area contributed by atoms with Gasteiger partial charge in [0.2, 0.25) is 0 Å². The first-order valence-corrected chi connectivity index (χ1v) is 7.22. The average molecular weight is 253 g/mol. The second-order valence-corrected chi connectivity index (χ2v) is 6.67. The molecule has 0 radical (unpaired) electrons. The van der Waals surface area contributed by atoms with E-state index in [1.807, 2.05) is 4.90 Å². The van der Waals surface area contributed by atoms with Gasteiger partial charge in [-0.3, -0.25) is 0 Å². The fraction of sp³-hybridized carbons (Fsp3) is 0.929. The number of nitrogens with two attached hydrogens (primary N) is 1. The first kappa shape index (κ1) is 13.7. The number of urea groups is 1. The molecule has 2 rings (SSSR count). The van der Waals surface area contributed by atoms with Crippen molar-refractivity contribution in [3.8, 4) is 0 Å². The summed E-state index contributed by atoms with van der Waals surface area (Å²) in [6, 6.07) is 0.0803. The van der Waals surface area contributed by atoms with Crippen molar-refractivity contribution in [1.82, 2.24) is 10.2 Å². The van der Waals surface area contributed by atoms with E-state index in [9.17, 15) is 4.79 Å². The standard InChI is InChI=1S/C14H27N3O/c1-4-13(2,3)16-12(18)17-9-11-6-5-7-14(17,8-11)10-15/h11H,4-10,15H2,1-3H3,(H,16,18). The van der Waals surface area contributed by atoms with Crippen LogP contribution >= 0.6 is 0 Å². The second kappa shape index (κ2) is 4.72. The van der Waals surface area contributed by atoms with Gasteiger partial charge in [-0.15, -0.1) is 0 Å². The first-order valence-electron chi connectivity index (χ1n) is 7.22. The van der Waals surface area contributed by atoms with Crippen molar-refractivity contribution in [2.24, 2.45) is 11.7 Å². The predicted molar refractivity (Wildman–Crippen MR) is 73.4 cm³/mol. The van der Waals surface area contributed by atoms with E-state index >= 15 is 0 Å². The second-order valence-electron chi connectivity index (χ2n) is 6.67. The van der Waals surface area contributed by atoms with Crippen molar-refractivity contribution >= 4 is 6.03 Å². The number of hydrogen-bond donors (Lipinski definition) is 2. The van der Waals surface area contributed by atoms with Gasteiger partial charge in [-0.2, -0.15) is 0 Å². The maximum Gasteiger partial charge on any atom is 0.318 e. The average Bonchev–Trinajstić information content (AvgIpc) is 2.61. The van der Waals surface area contributed by atoms with Crippen LogP contribution in [-0.2, 0) is 0 Å². The molecular weight excluding hydrogens is 226 g/mol. The monoisotopic (exact) mass is 253 g/mol. The van der Waals surface area contributed by atoms with Crippen molar-refractivity contribution in [2.45, 2.75) is 64.0 Å². The zero-order valence-electron chi connectivity index (χ0n) is 12.0. The summed E-state index contributed by atoms with van der Waals surface area (Å²) < 4.78 is 0. The quantitative estimate of drug-likeness (QED) is 0.809. The molecule has 104 valence electrons. The van der Waals surface area contributed by atoms with Crippen molar-refractivity contribution in [3.05, 3.63) is 0 Å². The van der Waals surface area contributed by atoms with Crippen LogP contribution in [0.2, 0.25) is 0 Å². The summed E-state index contributed by atoms with van der Waals surface area (Å²) in [5.74, 6) is 0.665. The van der Waals surface area contributed by atoms with Gasteiger partial charge < -0.3 is 16.0 Å². The van der Waals surface area contributed by atoms with Gasteiger partial charge in [-0.25, -0.2) is 4.79 Å². The zero-order valence-corrected chi connectivity index (χ0v) is 12.0. The van der Waals surface area contributed by atoms with E-state index in [1.54, 1.807) is 0 Å². The van der Waals surface area contributed by atoms with Crippen molar-refractivity contribution in [1.29, 1.82) is 0 Å². The highest BCUT2D eigenvalue weighted by atomic mass is 16.2. The lowest BCUT2D eigenvalue weighted by Gasteiger charge is -2.40. The van der Waals surface area contributed by atoms with Crippen LogP contribution < -0.4 is 11.1 Å². The summed E-state index contributed by atoms with van der Waals surface area (Å²) in [7, 11) is 0. The van der Waals surface area contributed by atoms with Crippen molar-refractivity contribution < 1.29 is 4.79 Å². The normalized spacial score (nSPS) is 31.6. The van der Waals surface area contributed by atoms with Crippen molar-refractivity contribution in [2.75, 3.05) is 13.1 Å². The first-order chi connectivity index (χ1) is 8.42. The van der Waals surface area contributed by atoms with Gasteiger partial charge >= 0.3 is 6.03 Å². The number of likely N-dealkylation sites (tertiary alicyclic amines) is 1. The highest BCUT2D eigenvalue weighted by molar-refractivity contribution is 5.76. The summed E-state index contributed by atoms with van der Waals surface area (Å²) in [6.07, 6.45) is 5.57. The Bertz CT molecular complexity index is 329. The van der Waals surface area contributed by atoms with Crippen molar-refractivity contribution in [3.63, 3.8) is 0 Å². The molecule has 2 bridgehead atoms. The molecule has 4 nitrogen and oxygen atoms in total. The van der Waals surface area contributed by atoms with Crippen LogP contribution in [0.1, 0.15) is 52.9 Å². The van der Waals surface area contributed by atoms with E-state index in [-0.39, 0.29) is 17.1 Å². The molecule has 0 aromatic heterocycles. The molecule has 1 saturated heterocycles. The zero-order chi connectivity index (χ0) is 13.4. The summed E-state index contributed by atoms with van der Waals surface area (Å²) in [5, 5.41) is 3.15. The lowest BCUT2D eigenvalue weighted by Crippen LogP contribution is -2.58. The molecule has 18 heavy (non-hydrogen) atoms. The number of rotatable bonds is 3. The number of carbonyl (C=O) groups excluding carboxylic acids is 1. The number of fused-ring (bicyclic) bond motifs is 2. The molecule has 2 amide bonds. The van der Waals surface area contributed by atoms with Gasteiger partial charge in [-0.1, -0.05) is 13.3 Å². The fourth-order valence-corrected chi connectivity index (χ4v) is 3.35. The molecule has 2 aliphatic rings. The third-order valence-electron chi connectivity index (χ3n) is 4.89. The largest absolute Gasteiger partial charge is 0.333 e.